The zero-order chi connectivity index (χ0) is 19.9. The SMILES string of the molecule is CC(C)(C)OC(=O)N1CCC[C@H]1c1ncc(-c2ccc3cc(Br)ccc3n2)[nH]1. The molecule has 7 heteroatoms. The van der Waals surface area contributed by atoms with Gasteiger partial charge in [-0.2, -0.15) is 0 Å². The second kappa shape index (κ2) is 7.20. The van der Waals surface area contributed by atoms with E-state index in [1.165, 1.54) is 0 Å². The summed E-state index contributed by atoms with van der Waals surface area (Å²) >= 11 is 3.49. The van der Waals surface area contributed by atoms with E-state index in [-0.39, 0.29) is 12.1 Å². The van der Waals surface area contributed by atoms with Crippen molar-refractivity contribution in [1.82, 2.24) is 19.9 Å². The summed E-state index contributed by atoms with van der Waals surface area (Å²) in [7, 11) is 0. The number of imidazole rings is 1. The third kappa shape index (κ3) is 3.90. The minimum Gasteiger partial charge on any atom is -0.444 e. The number of hydrogen-bond donors (Lipinski definition) is 1. The minimum atomic E-state index is -0.511. The van der Waals surface area contributed by atoms with Crippen molar-refractivity contribution in [3.63, 3.8) is 0 Å². The number of H-pyrrole nitrogens is 1. The third-order valence-corrected chi connectivity index (χ3v) is 5.21. The van der Waals surface area contributed by atoms with Crippen LogP contribution in [0.4, 0.5) is 4.79 Å². The van der Waals surface area contributed by atoms with Crippen LogP contribution in [0.15, 0.2) is 41.0 Å². The maximum absolute atomic E-state index is 12.5. The minimum absolute atomic E-state index is 0.0972. The van der Waals surface area contributed by atoms with Crippen LogP contribution >= 0.6 is 15.9 Å². The number of hydrogen-bond acceptors (Lipinski definition) is 4. The van der Waals surface area contributed by atoms with Gasteiger partial charge in [-0.1, -0.05) is 22.0 Å². The number of likely N-dealkylation sites (tertiary alicyclic amines) is 1. The fourth-order valence-electron chi connectivity index (χ4n) is 3.47. The highest BCUT2D eigenvalue weighted by atomic mass is 79.9. The summed E-state index contributed by atoms with van der Waals surface area (Å²) in [5.41, 5.74) is 2.09. The molecule has 2 aromatic heterocycles. The van der Waals surface area contributed by atoms with Crippen LogP contribution in [0.5, 0.6) is 0 Å². The first kappa shape index (κ1) is 18.9. The van der Waals surface area contributed by atoms with Gasteiger partial charge in [0, 0.05) is 16.4 Å². The molecule has 0 unspecified atom stereocenters. The lowest BCUT2D eigenvalue weighted by Gasteiger charge is -2.27. The molecule has 0 bridgehead atoms. The lowest BCUT2D eigenvalue weighted by atomic mass is 10.2. The van der Waals surface area contributed by atoms with Crippen LogP contribution in [0.25, 0.3) is 22.3 Å². The Kier molecular flexibility index (Phi) is 4.87. The fraction of sp³-hybridized carbons (Fsp3) is 0.381. The molecule has 0 radical (unpaired) electrons. The molecule has 1 fully saturated rings. The number of pyridine rings is 1. The highest BCUT2D eigenvalue weighted by Crippen LogP contribution is 2.33. The summed E-state index contributed by atoms with van der Waals surface area (Å²) in [4.78, 5) is 26.9. The summed E-state index contributed by atoms with van der Waals surface area (Å²) in [6, 6.07) is 9.94. The van der Waals surface area contributed by atoms with E-state index in [2.05, 4.69) is 25.9 Å². The van der Waals surface area contributed by atoms with Crippen molar-refractivity contribution in [2.75, 3.05) is 6.54 Å². The number of halogens is 1. The molecule has 146 valence electrons. The number of fused-ring (bicyclic) bond motifs is 1. The predicted octanol–water partition coefficient (Wildman–Crippen LogP) is 5.46. The van der Waals surface area contributed by atoms with Gasteiger partial charge < -0.3 is 9.72 Å². The number of nitrogens with one attached hydrogen (secondary N) is 1. The van der Waals surface area contributed by atoms with Crippen molar-refractivity contribution in [2.45, 2.75) is 45.3 Å². The van der Waals surface area contributed by atoms with E-state index in [0.29, 0.717) is 6.54 Å². The van der Waals surface area contributed by atoms with E-state index in [4.69, 9.17) is 9.72 Å². The molecular weight excluding hydrogens is 420 g/mol. The summed E-state index contributed by atoms with van der Waals surface area (Å²) in [6.07, 6.45) is 3.30. The first-order valence-electron chi connectivity index (χ1n) is 9.41. The average molecular weight is 443 g/mol. The van der Waals surface area contributed by atoms with Crippen molar-refractivity contribution in [2.24, 2.45) is 0 Å². The highest BCUT2D eigenvalue weighted by molar-refractivity contribution is 9.10. The van der Waals surface area contributed by atoms with Gasteiger partial charge in [-0.15, -0.1) is 0 Å². The van der Waals surface area contributed by atoms with Gasteiger partial charge in [0.05, 0.1) is 29.1 Å². The second-order valence-corrected chi connectivity index (χ2v) is 8.96. The average Bonchev–Trinajstić information content (AvgIpc) is 3.29. The molecule has 0 aliphatic carbocycles. The molecule has 0 saturated carbocycles. The standard InChI is InChI=1S/C21H23BrN4O2/c1-21(2,3)28-20(27)26-10-4-5-18(26)19-23-12-17(25-19)16-8-6-13-11-14(22)7-9-15(13)24-16/h6-9,11-12,18H,4-5,10H2,1-3H3,(H,23,25)/t18-/m0/s1. The lowest BCUT2D eigenvalue weighted by molar-refractivity contribution is 0.0219. The van der Waals surface area contributed by atoms with Crippen LogP contribution in [-0.2, 0) is 4.74 Å². The molecule has 1 amide bonds. The summed E-state index contributed by atoms with van der Waals surface area (Å²) in [6.45, 7) is 6.32. The summed E-state index contributed by atoms with van der Waals surface area (Å²) < 4.78 is 6.58. The van der Waals surface area contributed by atoms with Crippen LogP contribution in [0, 0.1) is 0 Å². The Morgan fingerprint density at radius 3 is 2.89 bits per heavy atom. The molecule has 6 nitrogen and oxygen atoms in total. The largest absolute Gasteiger partial charge is 0.444 e. The summed E-state index contributed by atoms with van der Waals surface area (Å²) in [5, 5.41) is 1.07. The fourth-order valence-corrected chi connectivity index (χ4v) is 3.85. The Morgan fingerprint density at radius 1 is 1.29 bits per heavy atom. The number of ether oxygens (including phenoxy) is 1. The van der Waals surface area contributed by atoms with Gasteiger partial charge in [0.1, 0.15) is 11.4 Å². The Hall–Kier alpha value is -2.41. The summed E-state index contributed by atoms with van der Waals surface area (Å²) in [5.74, 6) is 0.774. The molecule has 1 aliphatic heterocycles. The molecule has 1 N–H and O–H groups in total. The Balaban J connectivity index is 1.58. The predicted molar refractivity (Wildman–Crippen MR) is 112 cm³/mol. The topological polar surface area (TPSA) is 71.1 Å². The van der Waals surface area contributed by atoms with E-state index in [1.807, 2.05) is 51.1 Å². The van der Waals surface area contributed by atoms with Crippen molar-refractivity contribution in [3.8, 4) is 11.4 Å². The zero-order valence-electron chi connectivity index (χ0n) is 16.2. The van der Waals surface area contributed by atoms with E-state index in [1.54, 1.807) is 11.1 Å². The molecule has 3 aromatic rings. The quantitative estimate of drug-likeness (QED) is 0.571. The Bertz CT molecular complexity index is 1020. The molecule has 3 heterocycles. The number of benzene rings is 1. The van der Waals surface area contributed by atoms with Gasteiger partial charge in [0.2, 0.25) is 0 Å². The van der Waals surface area contributed by atoms with Crippen LogP contribution in [0.3, 0.4) is 0 Å². The van der Waals surface area contributed by atoms with Gasteiger partial charge in [-0.3, -0.25) is 4.90 Å². The first-order valence-corrected chi connectivity index (χ1v) is 10.2. The maximum Gasteiger partial charge on any atom is 0.410 e. The first-order chi connectivity index (χ1) is 13.3. The number of nitrogens with zero attached hydrogens (tertiary/aromatic N) is 3. The number of rotatable bonds is 2. The maximum atomic E-state index is 12.5. The molecule has 1 atom stereocenters. The van der Waals surface area contributed by atoms with E-state index in [0.717, 1.165) is 45.4 Å². The zero-order valence-corrected chi connectivity index (χ0v) is 17.8. The highest BCUT2D eigenvalue weighted by Gasteiger charge is 2.34. The molecule has 1 aliphatic rings. The molecule has 1 saturated heterocycles. The van der Waals surface area contributed by atoms with Crippen molar-refractivity contribution >= 4 is 32.9 Å². The Labute approximate surface area is 172 Å². The van der Waals surface area contributed by atoms with Crippen molar-refractivity contribution < 1.29 is 9.53 Å². The van der Waals surface area contributed by atoms with Gasteiger partial charge in [0.15, 0.2) is 0 Å². The van der Waals surface area contributed by atoms with E-state index in [9.17, 15) is 4.79 Å². The van der Waals surface area contributed by atoms with Gasteiger partial charge in [0.25, 0.3) is 0 Å². The van der Waals surface area contributed by atoms with Gasteiger partial charge >= 0.3 is 6.09 Å². The number of aromatic amines is 1. The molecule has 0 spiro atoms. The number of carbonyl (C=O) groups is 1. The molecular formula is C21H23BrN4O2. The Morgan fingerprint density at radius 2 is 2.11 bits per heavy atom. The van der Waals surface area contributed by atoms with E-state index >= 15 is 0 Å². The van der Waals surface area contributed by atoms with Crippen molar-refractivity contribution in [1.29, 1.82) is 0 Å². The van der Waals surface area contributed by atoms with Crippen LogP contribution in [0.1, 0.15) is 45.5 Å². The van der Waals surface area contributed by atoms with Crippen LogP contribution in [0.2, 0.25) is 0 Å². The number of aromatic nitrogens is 3. The monoisotopic (exact) mass is 442 g/mol. The van der Waals surface area contributed by atoms with Crippen LogP contribution < -0.4 is 0 Å². The van der Waals surface area contributed by atoms with Crippen molar-refractivity contribution in [3.05, 3.63) is 46.8 Å². The van der Waals surface area contributed by atoms with Gasteiger partial charge in [-0.25, -0.2) is 14.8 Å². The molecule has 4 rings (SSSR count). The normalized spacial score (nSPS) is 17.3. The van der Waals surface area contributed by atoms with Crippen LogP contribution in [-0.4, -0.2) is 38.1 Å². The smallest absolute Gasteiger partial charge is 0.410 e. The number of amides is 1. The number of carbonyl (C=O) groups excluding carboxylic acids is 1. The lowest BCUT2D eigenvalue weighted by Crippen LogP contribution is -2.36. The third-order valence-electron chi connectivity index (χ3n) is 4.72. The van der Waals surface area contributed by atoms with E-state index < -0.39 is 5.60 Å². The van der Waals surface area contributed by atoms with Gasteiger partial charge in [-0.05, 0) is 57.9 Å². The second-order valence-electron chi connectivity index (χ2n) is 8.05. The molecule has 28 heavy (non-hydrogen) atoms. The molecule has 1 aromatic carbocycles.